The molecule has 2 fully saturated rings. The zero-order valence-electron chi connectivity index (χ0n) is 34.8. The minimum Gasteiger partial charge on any atom is -0.465 e. The Kier molecular flexibility index (Phi) is 12.9. The summed E-state index contributed by atoms with van der Waals surface area (Å²) in [7, 11) is 6.82. The third kappa shape index (κ3) is 8.89. The summed E-state index contributed by atoms with van der Waals surface area (Å²) in [6, 6.07) is 12.8. The fourth-order valence-electron chi connectivity index (χ4n) is 8.34. The summed E-state index contributed by atoms with van der Waals surface area (Å²) in [5.41, 5.74) is 6.94. The van der Waals surface area contributed by atoms with Crippen LogP contribution in [0.4, 0.5) is 9.59 Å². The number of aromatic nitrogens is 4. The van der Waals surface area contributed by atoms with Crippen molar-refractivity contribution in [3.63, 3.8) is 0 Å². The fourth-order valence-corrected chi connectivity index (χ4v) is 8.34. The minimum absolute atomic E-state index is 0.113. The molecule has 4 aromatic rings. The third-order valence-electron chi connectivity index (χ3n) is 11.3. The van der Waals surface area contributed by atoms with Crippen molar-refractivity contribution in [2.45, 2.75) is 84.1 Å². The molecule has 4 N–H and O–H groups in total. The van der Waals surface area contributed by atoms with Crippen LogP contribution in [0.2, 0.25) is 0 Å². The Balaban J connectivity index is 1.19. The van der Waals surface area contributed by atoms with Crippen molar-refractivity contribution in [2.24, 2.45) is 11.8 Å². The zero-order valence-corrected chi connectivity index (χ0v) is 34.8. The molecule has 4 heterocycles. The maximum atomic E-state index is 13.7. The average Bonchev–Trinajstić information content (AvgIpc) is 4.03. The first-order valence-electron chi connectivity index (χ1n) is 20.1. The number of imidazole rings is 2. The number of nitrogens with zero attached hydrogens (tertiary/aromatic N) is 6. The van der Waals surface area contributed by atoms with Gasteiger partial charge in [-0.15, -0.1) is 0 Å². The van der Waals surface area contributed by atoms with Gasteiger partial charge in [0, 0.05) is 26.7 Å². The summed E-state index contributed by atoms with van der Waals surface area (Å²) in [6.45, 7) is 9.37. The number of hydrogen-bond acceptors (Lipinski definition) is 8. The van der Waals surface area contributed by atoms with Crippen LogP contribution in [0.5, 0.6) is 0 Å². The van der Waals surface area contributed by atoms with Gasteiger partial charge in [0.2, 0.25) is 11.8 Å². The number of aromatic amines is 2. The van der Waals surface area contributed by atoms with Gasteiger partial charge < -0.3 is 39.8 Å². The molecule has 2 aliphatic rings. The van der Waals surface area contributed by atoms with E-state index >= 15 is 0 Å². The lowest BCUT2D eigenvalue weighted by Crippen LogP contribution is -2.51. The quantitative estimate of drug-likeness (QED) is 0.117. The van der Waals surface area contributed by atoms with Gasteiger partial charge in [-0.1, -0.05) is 64.1 Å². The summed E-state index contributed by atoms with van der Waals surface area (Å²) in [6.07, 6.45) is 5.03. The van der Waals surface area contributed by atoms with E-state index in [2.05, 4.69) is 62.6 Å². The maximum Gasteiger partial charge on any atom is 0.407 e. The molecule has 6 rings (SSSR count). The molecule has 2 aromatic carbocycles. The predicted molar refractivity (Wildman–Crippen MR) is 220 cm³/mol. The van der Waals surface area contributed by atoms with E-state index in [1.807, 2.05) is 52.9 Å². The predicted octanol–water partition coefficient (Wildman–Crippen LogP) is 6.54. The third-order valence-corrected chi connectivity index (χ3v) is 11.3. The summed E-state index contributed by atoms with van der Waals surface area (Å²) < 4.78 is 4.77. The van der Waals surface area contributed by atoms with Crippen molar-refractivity contribution in [1.29, 1.82) is 0 Å². The molecule has 0 bridgehead atoms. The highest BCUT2D eigenvalue weighted by molar-refractivity contribution is 5.87. The SMILES string of the molecule is COC(=O)N[C@H](C(=O)N1CCCC1c1ncc(-c2ccc(-c3ccc(-c4cnc([C@@H]5CCCN5C(=O)[C@H](C(C)C)N(C)C(=O)O)[nH]4)cc3CN(C)C)cc2)[nH]1)C(C)C. The molecule has 2 aliphatic heterocycles. The Morgan fingerprint density at radius 1 is 0.810 bits per heavy atom. The van der Waals surface area contributed by atoms with Gasteiger partial charge in [0.05, 0.1) is 43.0 Å². The number of H-pyrrole nitrogens is 2. The van der Waals surface area contributed by atoms with E-state index in [4.69, 9.17) is 14.7 Å². The largest absolute Gasteiger partial charge is 0.465 e. The number of benzene rings is 2. The number of carboxylic acid groups (broad SMARTS) is 1. The second-order valence-electron chi connectivity index (χ2n) is 16.4. The van der Waals surface area contributed by atoms with Crippen LogP contribution in [-0.4, -0.2) is 122 Å². The molecule has 15 nitrogen and oxygen atoms in total. The second kappa shape index (κ2) is 17.8. The van der Waals surface area contributed by atoms with Gasteiger partial charge in [-0.3, -0.25) is 14.5 Å². The van der Waals surface area contributed by atoms with Gasteiger partial charge in [0.1, 0.15) is 23.7 Å². The van der Waals surface area contributed by atoms with E-state index in [1.165, 1.54) is 14.2 Å². The highest BCUT2D eigenvalue weighted by Gasteiger charge is 2.40. The van der Waals surface area contributed by atoms with Crippen molar-refractivity contribution in [3.05, 3.63) is 72.1 Å². The van der Waals surface area contributed by atoms with Gasteiger partial charge in [-0.25, -0.2) is 19.6 Å². The van der Waals surface area contributed by atoms with Crippen molar-refractivity contribution in [2.75, 3.05) is 41.3 Å². The van der Waals surface area contributed by atoms with Crippen LogP contribution in [0.15, 0.2) is 54.9 Å². The molecule has 0 radical (unpaired) electrons. The molecule has 2 saturated heterocycles. The lowest BCUT2D eigenvalue weighted by Gasteiger charge is -2.33. The Morgan fingerprint density at radius 2 is 1.34 bits per heavy atom. The summed E-state index contributed by atoms with van der Waals surface area (Å²) in [5, 5.41) is 12.3. The van der Waals surface area contributed by atoms with Crippen LogP contribution < -0.4 is 5.32 Å². The Morgan fingerprint density at radius 3 is 1.86 bits per heavy atom. The number of carbonyl (C=O) groups is 4. The van der Waals surface area contributed by atoms with E-state index in [1.54, 1.807) is 11.1 Å². The molecule has 2 aromatic heterocycles. The van der Waals surface area contributed by atoms with Crippen molar-refractivity contribution < 1.29 is 29.0 Å². The molecule has 15 heteroatoms. The van der Waals surface area contributed by atoms with Crippen molar-refractivity contribution >= 4 is 24.0 Å². The highest BCUT2D eigenvalue weighted by atomic mass is 16.5. The smallest absolute Gasteiger partial charge is 0.407 e. The van der Waals surface area contributed by atoms with Crippen LogP contribution in [0.25, 0.3) is 33.6 Å². The number of hydrogen-bond donors (Lipinski definition) is 4. The summed E-state index contributed by atoms with van der Waals surface area (Å²) >= 11 is 0. The maximum absolute atomic E-state index is 13.7. The normalized spacial score (nSPS) is 17.9. The number of amides is 4. The van der Waals surface area contributed by atoms with Crippen molar-refractivity contribution in [1.82, 2.24) is 44.9 Å². The molecule has 310 valence electrons. The van der Waals surface area contributed by atoms with Crippen LogP contribution in [-0.2, 0) is 20.9 Å². The van der Waals surface area contributed by atoms with Gasteiger partial charge >= 0.3 is 12.2 Å². The van der Waals surface area contributed by atoms with Crippen LogP contribution >= 0.6 is 0 Å². The Labute approximate surface area is 340 Å². The number of rotatable bonds is 13. The molecular formula is C43H57N9O6. The molecule has 4 amide bonds. The van der Waals surface area contributed by atoms with Gasteiger partial charge in [-0.2, -0.15) is 0 Å². The first-order valence-corrected chi connectivity index (χ1v) is 20.1. The monoisotopic (exact) mass is 795 g/mol. The van der Waals surface area contributed by atoms with E-state index in [0.717, 1.165) is 69.8 Å². The highest BCUT2D eigenvalue weighted by Crippen LogP contribution is 2.36. The topological polar surface area (TPSA) is 180 Å². The van der Waals surface area contributed by atoms with Gasteiger partial charge in [0.25, 0.3) is 0 Å². The molecule has 1 unspecified atom stereocenters. The first kappa shape index (κ1) is 41.9. The minimum atomic E-state index is -1.13. The average molecular weight is 796 g/mol. The van der Waals surface area contributed by atoms with E-state index in [0.29, 0.717) is 31.3 Å². The van der Waals surface area contributed by atoms with Gasteiger partial charge in [0.15, 0.2) is 0 Å². The van der Waals surface area contributed by atoms with Crippen LogP contribution in [0.3, 0.4) is 0 Å². The number of carbonyl (C=O) groups excluding carboxylic acids is 3. The second-order valence-corrected chi connectivity index (χ2v) is 16.4. The zero-order chi connectivity index (χ0) is 41.8. The molecule has 0 aliphatic carbocycles. The molecule has 58 heavy (non-hydrogen) atoms. The summed E-state index contributed by atoms with van der Waals surface area (Å²) in [5.74, 6) is 0.772. The number of alkyl carbamates (subject to hydrolysis) is 1. The molecular weight excluding hydrogens is 739 g/mol. The fraction of sp³-hybridized carbons (Fsp3) is 0.488. The Hall–Kier alpha value is -5.70. The van der Waals surface area contributed by atoms with E-state index in [9.17, 15) is 24.3 Å². The molecule has 0 spiro atoms. The van der Waals surface area contributed by atoms with Crippen LogP contribution in [0.1, 0.15) is 82.7 Å². The molecule has 0 saturated carbocycles. The Bertz CT molecular complexity index is 2090. The number of methoxy groups -OCH3 is 1. The molecule has 4 atom stereocenters. The van der Waals surface area contributed by atoms with Gasteiger partial charge in [-0.05, 0) is 85.5 Å². The number of nitrogens with one attached hydrogen (secondary N) is 3. The van der Waals surface area contributed by atoms with Crippen LogP contribution in [0, 0.1) is 11.8 Å². The van der Waals surface area contributed by atoms with E-state index < -0.39 is 24.3 Å². The van der Waals surface area contributed by atoms with E-state index in [-0.39, 0.29) is 35.7 Å². The lowest BCUT2D eigenvalue weighted by atomic mass is 9.95. The van der Waals surface area contributed by atoms with Crippen molar-refractivity contribution in [3.8, 4) is 33.6 Å². The number of likely N-dealkylation sites (tertiary alicyclic amines) is 2. The lowest BCUT2D eigenvalue weighted by molar-refractivity contribution is -0.138. The first-order chi connectivity index (χ1) is 27.7. The number of likely N-dealkylation sites (N-methyl/N-ethyl adjacent to an activating group) is 1. The summed E-state index contributed by atoms with van der Waals surface area (Å²) in [4.78, 5) is 74.3. The standard InChI is InChI=1S/C43H57N9O6/c1-25(2)36(48-42(55)58-8)40(53)51-19-9-11-34(51)38-44-22-32(46-38)28-15-13-27(14-16-28)31-18-17-29(21-30(31)24-49(5)6)33-23-45-39(47-33)35-12-10-20-52(35)41(54)37(26(3)4)50(7)43(56)57/h13-18,21-23,25-26,34-37H,9-12,19-20,24H2,1-8H3,(H,44,46)(H,45,47)(H,48,55)(H,56,57)/t34?,35-,36-,37-/m0/s1. The number of ether oxygens (including phenoxy) is 1.